The molecule has 2 heterocycles. The van der Waals surface area contributed by atoms with Crippen LogP contribution in [0.5, 0.6) is 0 Å². The number of nitrogens with zero attached hydrogens (tertiary/aromatic N) is 2. The lowest BCUT2D eigenvalue weighted by molar-refractivity contribution is 0.0692. The van der Waals surface area contributed by atoms with Crippen LogP contribution in [0, 0.1) is 6.92 Å². The maximum Gasteiger partial charge on any atom is 0.354 e. The molecule has 0 radical (unpaired) electrons. The van der Waals surface area contributed by atoms with Crippen molar-refractivity contribution in [2.45, 2.75) is 26.8 Å². The molecule has 1 aliphatic heterocycles. The van der Waals surface area contributed by atoms with Crippen molar-refractivity contribution >= 4 is 17.7 Å². The topological polar surface area (TPSA) is 88.7 Å². The zero-order chi connectivity index (χ0) is 15.6. The third-order valence-corrected chi connectivity index (χ3v) is 3.74. The summed E-state index contributed by atoms with van der Waals surface area (Å²) in [5.41, 5.74) is 1.03. The van der Waals surface area contributed by atoms with Crippen LogP contribution in [0.4, 0.5) is 10.5 Å². The van der Waals surface area contributed by atoms with Crippen LogP contribution in [0.25, 0.3) is 0 Å². The molecule has 1 aromatic heterocycles. The van der Waals surface area contributed by atoms with Crippen LogP contribution in [0.3, 0.4) is 0 Å². The number of carboxylic acids is 1. The molecule has 1 aliphatic rings. The molecule has 3 N–H and O–H groups in total. The predicted molar refractivity (Wildman–Crippen MR) is 79.8 cm³/mol. The molecular weight excluding hydrogens is 272 g/mol. The lowest BCUT2D eigenvalue weighted by Gasteiger charge is -2.36. The van der Waals surface area contributed by atoms with E-state index < -0.39 is 5.97 Å². The monoisotopic (exact) mass is 294 g/mol. The number of aromatic amines is 1. The van der Waals surface area contributed by atoms with Gasteiger partial charge in [0.25, 0.3) is 0 Å². The van der Waals surface area contributed by atoms with Gasteiger partial charge in [-0.2, -0.15) is 0 Å². The van der Waals surface area contributed by atoms with Crippen molar-refractivity contribution in [1.29, 1.82) is 0 Å². The van der Waals surface area contributed by atoms with Gasteiger partial charge >= 0.3 is 12.0 Å². The summed E-state index contributed by atoms with van der Waals surface area (Å²) in [5.74, 6) is -1.08. The number of aromatic carboxylic acids is 1. The maximum atomic E-state index is 12.2. The maximum absolute atomic E-state index is 12.2. The van der Waals surface area contributed by atoms with Gasteiger partial charge in [-0.1, -0.05) is 0 Å². The SMILES string of the molecule is Cc1cc(NC(=O)N2CCN(C(C)C)CC2)c(C(=O)O)[nH]1. The van der Waals surface area contributed by atoms with E-state index in [2.05, 4.69) is 29.0 Å². The second-order valence-electron chi connectivity index (χ2n) is 5.59. The van der Waals surface area contributed by atoms with Crippen LogP contribution in [-0.4, -0.2) is 64.1 Å². The highest BCUT2D eigenvalue weighted by Crippen LogP contribution is 2.18. The number of anilines is 1. The van der Waals surface area contributed by atoms with Gasteiger partial charge in [0, 0.05) is 37.9 Å². The van der Waals surface area contributed by atoms with Crippen molar-refractivity contribution < 1.29 is 14.7 Å². The van der Waals surface area contributed by atoms with Crippen molar-refractivity contribution in [2.24, 2.45) is 0 Å². The lowest BCUT2D eigenvalue weighted by atomic mass is 10.2. The summed E-state index contributed by atoms with van der Waals surface area (Å²) in [6.45, 7) is 9.00. The highest BCUT2D eigenvalue weighted by Gasteiger charge is 2.24. The van der Waals surface area contributed by atoms with E-state index in [1.54, 1.807) is 17.9 Å². The third kappa shape index (κ3) is 3.55. The van der Waals surface area contributed by atoms with E-state index in [-0.39, 0.29) is 11.7 Å². The number of piperazine rings is 1. The van der Waals surface area contributed by atoms with Crippen molar-refractivity contribution in [3.63, 3.8) is 0 Å². The molecule has 7 nitrogen and oxygen atoms in total. The molecule has 21 heavy (non-hydrogen) atoms. The standard InChI is InChI=1S/C14H22N4O3/c1-9(2)17-4-6-18(7-5-17)14(21)16-11-8-10(3)15-12(11)13(19)20/h8-9,15H,4-7H2,1-3H3,(H,16,21)(H,19,20). The van der Waals surface area contributed by atoms with Crippen LogP contribution in [0.1, 0.15) is 30.0 Å². The molecular formula is C14H22N4O3. The molecule has 0 spiro atoms. The highest BCUT2D eigenvalue weighted by atomic mass is 16.4. The van der Waals surface area contributed by atoms with Crippen molar-refractivity contribution in [3.8, 4) is 0 Å². The molecule has 2 rings (SSSR count). The quantitative estimate of drug-likeness (QED) is 0.789. The number of aromatic nitrogens is 1. The summed E-state index contributed by atoms with van der Waals surface area (Å²) >= 11 is 0. The number of carboxylic acid groups (broad SMARTS) is 1. The molecule has 0 aliphatic carbocycles. The van der Waals surface area contributed by atoms with Gasteiger partial charge in [-0.15, -0.1) is 0 Å². The van der Waals surface area contributed by atoms with Gasteiger partial charge in [0.05, 0.1) is 5.69 Å². The first-order valence-electron chi connectivity index (χ1n) is 7.11. The fourth-order valence-corrected chi connectivity index (χ4v) is 2.49. The number of hydrogen-bond acceptors (Lipinski definition) is 3. The van der Waals surface area contributed by atoms with Crippen LogP contribution in [0.2, 0.25) is 0 Å². The summed E-state index contributed by atoms with van der Waals surface area (Å²) < 4.78 is 0. The number of carbonyl (C=O) groups is 2. The molecule has 0 saturated carbocycles. The third-order valence-electron chi connectivity index (χ3n) is 3.74. The van der Waals surface area contributed by atoms with E-state index in [1.165, 1.54) is 0 Å². The first-order chi connectivity index (χ1) is 9.88. The average molecular weight is 294 g/mol. The van der Waals surface area contributed by atoms with E-state index in [0.717, 1.165) is 13.1 Å². The van der Waals surface area contributed by atoms with Crippen LogP contribution >= 0.6 is 0 Å². The molecule has 0 atom stereocenters. The van der Waals surface area contributed by atoms with E-state index in [0.29, 0.717) is 30.5 Å². The molecule has 7 heteroatoms. The minimum atomic E-state index is -1.08. The Hall–Kier alpha value is -2.02. The van der Waals surface area contributed by atoms with Gasteiger partial charge in [0.1, 0.15) is 5.69 Å². The van der Waals surface area contributed by atoms with Crippen molar-refractivity contribution in [1.82, 2.24) is 14.8 Å². The Kier molecular flexibility index (Phi) is 4.52. The van der Waals surface area contributed by atoms with Gasteiger partial charge < -0.3 is 20.3 Å². The number of urea groups is 1. The first-order valence-corrected chi connectivity index (χ1v) is 7.11. The minimum absolute atomic E-state index is 0.0154. The van der Waals surface area contributed by atoms with Crippen LogP contribution < -0.4 is 5.32 Å². The molecule has 0 unspecified atom stereocenters. The largest absolute Gasteiger partial charge is 0.477 e. The Bertz CT molecular complexity index is 530. The fourth-order valence-electron chi connectivity index (χ4n) is 2.49. The molecule has 0 bridgehead atoms. The van der Waals surface area contributed by atoms with Gasteiger partial charge in [-0.3, -0.25) is 4.90 Å². The Balaban J connectivity index is 1.98. The summed E-state index contributed by atoms with van der Waals surface area (Å²) in [6.07, 6.45) is 0. The van der Waals surface area contributed by atoms with Crippen molar-refractivity contribution in [2.75, 3.05) is 31.5 Å². The number of hydrogen-bond donors (Lipinski definition) is 3. The normalized spacial score (nSPS) is 16.3. The Morgan fingerprint density at radius 1 is 1.29 bits per heavy atom. The molecule has 1 saturated heterocycles. The molecule has 116 valence electrons. The number of nitrogens with one attached hydrogen (secondary N) is 2. The Morgan fingerprint density at radius 3 is 2.43 bits per heavy atom. The summed E-state index contributed by atoms with van der Waals surface area (Å²) in [7, 11) is 0. The number of H-pyrrole nitrogens is 1. The van der Waals surface area contributed by atoms with Crippen LogP contribution in [-0.2, 0) is 0 Å². The van der Waals surface area contributed by atoms with E-state index >= 15 is 0 Å². The number of carbonyl (C=O) groups excluding carboxylic acids is 1. The average Bonchev–Trinajstić information content (AvgIpc) is 2.80. The van der Waals surface area contributed by atoms with Gasteiger partial charge in [-0.05, 0) is 26.8 Å². The summed E-state index contributed by atoms with van der Waals surface area (Å²) in [6, 6.07) is 1.85. The zero-order valence-electron chi connectivity index (χ0n) is 12.6. The number of amides is 2. The zero-order valence-corrected chi connectivity index (χ0v) is 12.6. The van der Waals surface area contributed by atoms with E-state index in [4.69, 9.17) is 5.11 Å². The van der Waals surface area contributed by atoms with Gasteiger partial charge in [-0.25, -0.2) is 9.59 Å². The molecule has 1 aromatic rings. The number of aryl methyl sites for hydroxylation is 1. The number of rotatable bonds is 3. The van der Waals surface area contributed by atoms with Gasteiger partial charge in [0.2, 0.25) is 0 Å². The Morgan fingerprint density at radius 2 is 1.90 bits per heavy atom. The van der Waals surface area contributed by atoms with Crippen molar-refractivity contribution in [3.05, 3.63) is 17.5 Å². The first kappa shape index (κ1) is 15.4. The Labute approximate surface area is 123 Å². The lowest BCUT2D eigenvalue weighted by Crippen LogP contribution is -2.51. The minimum Gasteiger partial charge on any atom is -0.477 e. The highest BCUT2D eigenvalue weighted by molar-refractivity contribution is 5.99. The molecule has 2 amide bonds. The van der Waals surface area contributed by atoms with E-state index in [1.807, 2.05) is 0 Å². The second kappa shape index (κ2) is 6.17. The van der Waals surface area contributed by atoms with Crippen LogP contribution in [0.15, 0.2) is 6.07 Å². The second-order valence-corrected chi connectivity index (χ2v) is 5.59. The molecule has 0 aromatic carbocycles. The summed E-state index contributed by atoms with van der Waals surface area (Å²) in [4.78, 5) is 30.1. The van der Waals surface area contributed by atoms with Gasteiger partial charge in [0.15, 0.2) is 0 Å². The smallest absolute Gasteiger partial charge is 0.354 e. The predicted octanol–water partition coefficient (Wildman–Crippen LogP) is 1.58. The summed E-state index contributed by atoms with van der Waals surface area (Å²) in [5, 5.41) is 11.8. The fraction of sp³-hybridized carbons (Fsp3) is 0.571. The van der Waals surface area contributed by atoms with E-state index in [9.17, 15) is 9.59 Å². The molecule has 1 fully saturated rings.